The molecule has 0 aliphatic carbocycles. The van der Waals surface area contributed by atoms with Crippen LogP contribution in [0.3, 0.4) is 0 Å². The molecule has 0 bridgehead atoms. The normalized spacial score (nSPS) is 13.7. The molecule has 1 N–H and O–H groups in total. The molecule has 47 heavy (non-hydrogen) atoms. The number of hydrogen-bond donors (Lipinski definition) is 1. The summed E-state index contributed by atoms with van der Waals surface area (Å²) >= 11 is 0. The van der Waals surface area contributed by atoms with Gasteiger partial charge in [0.25, 0.3) is 0 Å². The molecule has 0 unspecified atom stereocenters. The monoisotopic (exact) mass is 664 g/mol. The Labute approximate surface area is 275 Å². The highest BCUT2D eigenvalue weighted by molar-refractivity contribution is 5.33. The first-order chi connectivity index (χ1) is 22.9. The summed E-state index contributed by atoms with van der Waals surface area (Å²) < 4.78 is 12.9. The predicted molar refractivity (Wildman–Crippen MR) is 175 cm³/mol. The summed E-state index contributed by atoms with van der Waals surface area (Å²) in [6, 6.07) is 0. The van der Waals surface area contributed by atoms with E-state index in [1.54, 1.807) is 0 Å². The first kappa shape index (κ1) is 41.5. The zero-order valence-corrected chi connectivity index (χ0v) is 27.9. The van der Waals surface area contributed by atoms with E-state index in [0.29, 0.717) is 38.9 Å². The fourth-order valence-corrected chi connectivity index (χ4v) is 4.63. The van der Waals surface area contributed by atoms with Crippen molar-refractivity contribution in [3.05, 3.63) is 31.5 Å². The minimum Gasteiger partial charge on any atom is -0.396 e. The highest BCUT2D eigenvalue weighted by Gasteiger charge is 2.35. The summed E-state index contributed by atoms with van der Waals surface area (Å²) in [5, 5.41) is 8.76. The number of ether oxygens (including phenoxy) is 2. The van der Waals surface area contributed by atoms with E-state index in [2.05, 4.69) is 26.6 Å². The molecule has 1 aromatic rings. The summed E-state index contributed by atoms with van der Waals surface area (Å²) in [6.07, 6.45) is 14.1. The lowest BCUT2D eigenvalue weighted by Crippen LogP contribution is -2.54. The number of nitrogens with zero attached hydrogens (tertiary/aromatic N) is 6. The second kappa shape index (κ2) is 26.5. The molecule has 15 heteroatoms. The van der Waals surface area contributed by atoms with Crippen LogP contribution in [0.1, 0.15) is 90.4 Å². The van der Waals surface area contributed by atoms with Gasteiger partial charge in [-0.1, -0.05) is 45.4 Å². The van der Waals surface area contributed by atoms with Gasteiger partial charge in [0.05, 0.1) is 52.7 Å². The third kappa shape index (κ3) is 17.8. The predicted octanol–water partition coefficient (Wildman–Crippen LogP) is 2.28. The molecule has 0 amide bonds. The van der Waals surface area contributed by atoms with E-state index in [1.165, 1.54) is 18.2 Å². The van der Waals surface area contributed by atoms with Gasteiger partial charge in [-0.2, -0.15) is 0 Å². The summed E-state index contributed by atoms with van der Waals surface area (Å²) in [5.74, 6) is 0. The van der Waals surface area contributed by atoms with Crippen molar-refractivity contribution in [2.45, 2.75) is 110 Å². The molecule has 264 valence electrons. The van der Waals surface area contributed by atoms with E-state index in [1.807, 2.05) is 0 Å². The number of rotatable bonds is 23. The molecule has 0 aromatic carbocycles. The van der Waals surface area contributed by atoms with Gasteiger partial charge >= 0.3 is 17.1 Å². The number of aliphatic hydroxyl groups excluding tert-OH is 1. The number of aromatic nitrogens is 3. The zero-order chi connectivity index (χ0) is 34.6. The van der Waals surface area contributed by atoms with E-state index in [9.17, 15) is 28.8 Å². The average molecular weight is 665 g/mol. The van der Waals surface area contributed by atoms with Crippen LogP contribution >= 0.6 is 0 Å². The van der Waals surface area contributed by atoms with Crippen LogP contribution in [-0.4, -0.2) is 89.7 Å². The number of aliphatic imine (C=N–C) groups is 3. The summed E-state index contributed by atoms with van der Waals surface area (Å²) in [6.45, 7) is 7.72. The van der Waals surface area contributed by atoms with Crippen molar-refractivity contribution in [1.82, 2.24) is 13.7 Å². The van der Waals surface area contributed by atoms with Crippen LogP contribution in [0, 0.1) is 5.41 Å². The van der Waals surface area contributed by atoms with Crippen molar-refractivity contribution in [2.75, 3.05) is 52.7 Å². The number of hydrogen-bond acceptors (Lipinski definition) is 12. The Morgan fingerprint density at radius 3 is 1.11 bits per heavy atom. The summed E-state index contributed by atoms with van der Waals surface area (Å²) in [5.41, 5.74) is -1.64. The van der Waals surface area contributed by atoms with Crippen LogP contribution in [0.4, 0.5) is 0 Å². The minimum absolute atomic E-state index is 0.139. The number of carbonyl (C=O) groups excluding carboxylic acids is 3. The Kier molecular flexibility index (Phi) is 23.4. The molecular formula is C32H52N6O9. The van der Waals surface area contributed by atoms with Gasteiger partial charge in [0.1, 0.15) is 0 Å². The maximum absolute atomic E-state index is 13.0. The van der Waals surface area contributed by atoms with Gasteiger partial charge in [-0.25, -0.2) is 57.4 Å². The van der Waals surface area contributed by atoms with Crippen LogP contribution in [0.25, 0.3) is 0 Å². The molecule has 3 heterocycles. The highest BCUT2D eigenvalue weighted by atomic mass is 16.6. The van der Waals surface area contributed by atoms with Crippen LogP contribution in [-0.2, 0) is 43.5 Å². The van der Waals surface area contributed by atoms with Gasteiger partial charge in [0.15, 0.2) is 0 Å². The SMILES string of the molecule is C1CO1.CCC1(CO)COC1.O=C=NCCCCCCn1c(=O)n(CCCCCCN=C=O)c(=O)n(CCCCCCN=C=O)c1=O. The number of isocyanates is 3. The highest BCUT2D eigenvalue weighted by Crippen LogP contribution is 2.29. The summed E-state index contributed by atoms with van der Waals surface area (Å²) in [7, 11) is 0. The van der Waals surface area contributed by atoms with Crippen LogP contribution < -0.4 is 17.1 Å². The molecule has 2 aliphatic rings. The van der Waals surface area contributed by atoms with Gasteiger partial charge < -0.3 is 14.6 Å². The fourth-order valence-electron chi connectivity index (χ4n) is 4.63. The van der Waals surface area contributed by atoms with Crippen LogP contribution in [0.2, 0.25) is 0 Å². The van der Waals surface area contributed by atoms with E-state index in [0.717, 1.165) is 104 Å². The van der Waals surface area contributed by atoms with Crippen molar-refractivity contribution < 1.29 is 29.0 Å². The Balaban J connectivity index is 0.000000833. The zero-order valence-electron chi connectivity index (χ0n) is 27.9. The largest absolute Gasteiger partial charge is 0.396 e. The molecule has 0 saturated carbocycles. The topological polar surface area (TPSA) is 196 Å². The van der Waals surface area contributed by atoms with E-state index >= 15 is 0 Å². The number of aliphatic hydroxyl groups is 1. The average Bonchev–Trinajstić information content (AvgIpc) is 3.94. The second-order valence-electron chi connectivity index (χ2n) is 11.6. The first-order valence-electron chi connectivity index (χ1n) is 16.7. The van der Waals surface area contributed by atoms with Crippen molar-refractivity contribution >= 4 is 18.2 Å². The lowest BCUT2D eigenvalue weighted by Gasteiger charge is -2.38. The molecular weight excluding hydrogens is 612 g/mol. The lowest BCUT2D eigenvalue weighted by molar-refractivity contribution is -0.138. The van der Waals surface area contributed by atoms with Gasteiger partial charge in [-0.05, 0) is 44.9 Å². The maximum Gasteiger partial charge on any atom is 0.336 e. The minimum atomic E-state index is -0.593. The van der Waals surface area contributed by atoms with E-state index in [4.69, 9.17) is 9.84 Å². The molecule has 2 fully saturated rings. The van der Waals surface area contributed by atoms with Gasteiger partial charge in [0, 0.05) is 25.0 Å². The second-order valence-corrected chi connectivity index (χ2v) is 11.6. The molecule has 15 nitrogen and oxygen atoms in total. The molecule has 0 radical (unpaired) electrons. The quantitative estimate of drug-likeness (QED) is 0.0790. The Bertz CT molecular complexity index is 1150. The standard InChI is InChI=1S/C24H36N6O6.C6H12O2.C2H4O/c31-19-25-13-7-1-4-10-16-28-22(34)29(17-11-5-2-8-14-26-20-32)24(36)30(23(28)35)18-12-6-3-9-15-27-21-33;1-2-6(3-7)4-8-5-6;1-2-3-1/h1-18H2;7H,2-5H2,1H3;1-2H2. The van der Waals surface area contributed by atoms with Gasteiger partial charge in [0.2, 0.25) is 18.2 Å². The van der Waals surface area contributed by atoms with Crippen molar-refractivity contribution in [2.24, 2.45) is 20.4 Å². The Morgan fingerprint density at radius 2 is 0.915 bits per heavy atom. The maximum atomic E-state index is 13.0. The number of unbranched alkanes of at least 4 members (excludes halogenated alkanes) is 9. The van der Waals surface area contributed by atoms with Crippen molar-refractivity contribution in [3.63, 3.8) is 0 Å². The molecule has 2 saturated heterocycles. The molecule has 1 aromatic heterocycles. The fraction of sp³-hybridized carbons (Fsp3) is 0.812. The van der Waals surface area contributed by atoms with E-state index < -0.39 is 17.1 Å². The van der Waals surface area contributed by atoms with Crippen LogP contribution in [0.5, 0.6) is 0 Å². The van der Waals surface area contributed by atoms with Crippen molar-refractivity contribution in [1.29, 1.82) is 0 Å². The Morgan fingerprint density at radius 1 is 0.596 bits per heavy atom. The van der Waals surface area contributed by atoms with E-state index in [-0.39, 0.29) is 31.7 Å². The third-order valence-electron chi connectivity index (χ3n) is 7.89. The molecule has 0 spiro atoms. The molecule has 3 rings (SSSR count). The third-order valence-corrected chi connectivity index (χ3v) is 7.89. The lowest BCUT2D eigenvalue weighted by atomic mass is 9.84. The number of epoxide rings is 1. The first-order valence-corrected chi connectivity index (χ1v) is 16.7. The van der Waals surface area contributed by atoms with Crippen LogP contribution in [0.15, 0.2) is 29.4 Å². The summed E-state index contributed by atoms with van der Waals surface area (Å²) in [4.78, 5) is 79.9. The van der Waals surface area contributed by atoms with Gasteiger partial charge in [-0.3, -0.25) is 0 Å². The molecule has 2 aliphatic heterocycles. The van der Waals surface area contributed by atoms with Crippen molar-refractivity contribution in [3.8, 4) is 0 Å². The van der Waals surface area contributed by atoms with Gasteiger partial charge in [-0.15, -0.1) is 0 Å². The molecule has 0 atom stereocenters. The Hall–Kier alpha value is -3.57. The smallest absolute Gasteiger partial charge is 0.336 e.